The summed E-state index contributed by atoms with van der Waals surface area (Å²) in [6, 6.07) is 10.8. The maximum absolute atomic E-state index is 12.4. The number of fused-ring (bicyclic) bond motifs is 7. The smallest absolute Gasteiger partial charge is 0.225 e. The molecule has 0 radical (unpaired) electrons. The Labute approximate surface area is 158 Å². The van der Waals surface area contributed by atoms with Gasteiger partial charge in [0.25, 0.3) is 0 Å². The first-order chi connectivity index (χ1) is 13.0. The topological polar surface area (TPSA) is 49.8 Å². The predicted molar refractivity (Wildman–Crippen MR) is 106 cm³/mol. The number of aryl methyl sites for hydroxylation is 2. The molecule has 1 saturated heterocycles. The molecule has 4 heteroatoms. The largest absolute Gasteiger partial charge is 0.496 e. The molecule has 0 spiro atoms. The van der Waals surface area contributed by atoms with Gasteiger partial charge in [0, 0.05) is 6.54 Å². The van der Waals surface area contributed by atoms with Gasteiger partial charge in [0.05, 0.1) is 25.7 Å². The maximum atomic E-state index is 12.4. The number of carbonyl (C=O) groups excluding carboxylic acids is 1. The average Bonchev–Trinajstić information content (AvgIpc) is 2.93. The molecule has 1 fully saturated rings. The molecule has 2 aliphatic rings. The van der Waals surface area contributed by atoms with Crippen LogP contribution in [0.15, 0.2) is 30.3 Å². The van der Waals surface area contributed by atoms with Gasteiger partial charge in [0.1, 0.15) is 5.75 Å². The van der Waals surface area contributed by atoms with Crippen LogP contribution in [0, 0.1) is 13.8 Å². The average molecular weight is 361 g/mol. The van der Waals surface area contributed by atoms with Gasteiger partial charge in [-0.05, 0) is 70.6 Å². The van der Waals surface area contributed by atoms with E-state index in [9.17, 15) is 9.90 Å². The Morgan fingerprint density at radius 2 is 1.78 bits per heavy atom. The molecule has 0 saturated carbocycles. The van der Waals surface area contributed by atoms with Crippen molar-refractivity contribution >= 4 is 27.5 Å². The second-order valence-electron chi connectivity index (χ2n) is 7.94. The van der Waals surface area contributed by atoms with Crippen LogP contribution in [0.1, 0.15) is 28.7 Å². The van der Waals surface area contributed by atoms with E-state index in [1.54, 1.807) is 7.11 Å². The predicted octanol–water partition coefficient (Wildman–Crippen LogP) is 3.64. The van der Waals surface area contributed by atoms with E-state index in [-0.39, 0.29) is 18.4 Å². The van der Waals surface area contributed by atoms with Crippen LogP contribution < -0.4 is 4.74 Å². The van der Waals surface area contributed by atoms with Crippen LogP contribution in [-0.4, -0.2) is 35.2 Å². The van der Waals surface area contributed by atoms with Crippen molar-refractivity contribution in [3.63, 3.8) is 0 Å². The minimum absolute atomic E-state index is 0.0556. The van der Waals surface area contributed by atoms with Gasteiger partial charge in [-0.1, -0.05) is 23.8 Å². The summed E-state index contributed by atoms with van der Waals surface area (Å²) in [4.78, 5) is 14.2. The van der Waals surface area contributed by atoms with Gasteiger partial charge < -0.3 is 14.7 Å². The number of carbonyl (C=O) groups is 1. The summed E-state index contributed by atoms with van der Waals surface area (Å²) in [5.41, 5.74) is 4.79. The van der Waals surface area contributed by atoms with Crippen LogP contribution in [0.3, 0.4) is 0 Å². The third-order valence-electron chi connectivity index (χ3n) is 6.31. The Morgan fingerprint density at radius 3 is 2.56 bits per heavy atom. The normalized spacial score (nSPS) is 21.6. The molecule has 1 N–H and O–H groups in total. The summed E-state index contributed by atoms with van der Waals surface area (Å²) < 4.78 is 5.59. The number of aliphatic hydroxyl groups excluding tert-OH is 1. The zero-order valence-corrected chi connectivity index (χ0v) is 15.9. The van der Waals surface area contributed by atoms with E-state index in [4.69, 9.17) is 4.74 Å². The number of nitrogens with zero attached hydrogens (tertiary/aromatic N) is 1. The standard InChI is InChI=1S/C23H23NO3/c1-12-4-5-14-15(6-12)16-7-13(2)22(27-3)9-18(16)17-8-20-21(25)10-23(26)24(20)11-19(14)17/h4-7,9,20-21,25H,8,10-11H2,1-3H3/t20-,21?/m0/s1. The Kier molecular flexibility index (Phi) is 3.50. The Balaban J connectivity index is 1.88. The number of hydrogen-bond acceptors (Lipinski definition) is 3. The number of hydrogen-bond donors (Lipinski definition) is 1. The number of amides is 1. The molecule has 4 nitrogen and oxygen atoms in total. The first kappa shape index (κ1) is 16.6. The van der Waals surface area contributed by atoms with Gasteiger partial charge in [-0.3, -0.25) is 4.79 Å². The lowest BCUT2D eigenvalue weighted by atomic mass is 9.84. The summed E-state index contributed by atoms with van der Waals surface area (Å²) in [5.74, 6) is 0.933. The second-order valence-corrected chi connectivity index (χ2v) is 7.94. The van der Waals surface area contributed by atoms with Crippen LogP contribution in [0.25, 0.3) is 21.5 Å². The Hall–Kier alpha value is -2.59. The summed E-state index contributed by atoms with van der Waals surface area (Å²) in [6.45, 7) is 4.75. The number of aliphatic hydroxyl groups is 1. The second kappa shape index (κ2) is 5.70. The summed E-state index contributed by atoms with van der Waals surface area (Å²) in [5, 5.41) is 15.2. The molecule has 0 aromatic heterocycles. The molecule has 3 aromatic rings. The molecule has 1 unspecified atom stereocenters. The maximum Gasteiger partial charge on any atom is 0.225 e. The molecule has 138 valence electrons. The lowest BCUT2D eigenvalue weighted by Gasteiger charge is -2.34. The Morgan fingerprint density at radius 1 is 1.00 bits per heavy atom. The number of methoxy groups -OCH3 is 1. The van der Waals surface area contributed by atoms with Gasteiger partial charge in [-0.2, -0.15) is 0 Å². The monoisotopic (exact) mass is 361 g/mol. The lowest BCUT2D eigenvalue weighted by molar-refractivity contribution is -0.129. The molecule has 2 atom stereocenters. The van der Waals surface area contributed by atoms with Gasteiger partial charge in [0.15, 0.2) is 0 Å². The quantitative estimate of drug-likeness (QED) is 0.673. The Bertz CT molecular complexity index is 1120. The van der Waals surface area contributed by atoms with Crippen molar-refractivity contribution in [1.82, 2.24) is 4.90 Å². The van der Waals surface area contributed by atoms with E-state index in [2.05, 4.69) is 44.2 Å². The highest BCUT2D eigenvalue weighted by atomic mass is 16.5. The zero-order chi connectivity index (χ0) is 18.9. The summed E-state index contributed by atoms with van der Waals surface area (Å²) in [7, 11) is 1.70. The number of rotatable bonds is 1. The van der Waals surface area contributed by atoms with E-state index in [0.29, 0.717) is 13.0 Å². The van der Waals surface area contributed by atoms with E-state index in [1.807, 2.05) is 4.90 Å². The first-order valence-corrected chi connectivity index (χ1v) is 9.48. The molecule has 1 amide bonds. The first-order valence-electron chi connectivity index (χ1n) is 9.48. The van der Waals surface area contributed by atoms with Gasteiger partial charge in [0.2, 0.25) is 5.91 Å². The van der Waals surface area contributed by atoms with E-state index >= 15 is 0 Å². The molecule has 27 heavy (non-hydrogen) atoms. The van der Waals surface area contributed by atoms with Crippen LogP contribution in [0.4, 0.5) is 0 Å². The molecule has 3 aromatic carbocycles. The van der Waals surface area contributed by atoms with Gasteiger partial charge in [-0.25, -0.2) is 0 Å². The minimum Gasteiger partial charge on any atom is -0.496 e. The van der Waals surface area contributed by atoms with E-state index in [0.717, 1.165) is 11.3 Å². The third-order valence-corrected chi connectivity index (χ3v) is 6.31. The van der Waals surface area contributed by atoms with Crippen molar-refractivity contribution in [1.29, 1.82) is 0 Å². The van der Waals surface area contributed by atoms with Crippen molar-refractivity contribution in [2.75, 3.05) is 7.11 Å². The van der Waals surface area contributed by atoms with E-state index in [1.165, 1.54) is 38.2 Å². The SMILES string of the molecule is COc1cc2c3c(c4ccc(C)cc4c2cc1C)CN1C(=O)CC(O)[C@@H]1C3. The number of ether oxygens (including phenoxy) is 1. The lowest BCUT2D eigenvalue weighted by Crippen LogP contribution is -2.42. The summed E-state index contributed by atoms with van der Waals surface area (Å²) >= 11 is 0. The van der Waals surface area contributed by atoms with Gasteiger partial charge in [-0.15, -0.1) is 0 Å². The minimum atomic E-state index is -0.582. The van der Waals surface area contributed by atoms with Crippen LogP contribution in [0.5, 0.6) is 5.75 Å². The van der Waals surface area contributed by atoms with Crippen molar-refractivity contribution in [2.45, 2.75) is 45.4 Å². The van der Waals surface area contributed by atoms with Crippen molar-refractivity contribution < 1.29 is 14.6 Å². The van der Waals surface area contributed by atoms with Gasteiger partial charge >= 0.3 is 0 Å². The third kappa shape index (κ3) is 2.29. The van der Waals surface area contributed by atoms with Crippen molar-refractivity contribution in [3.8, 4) is 5.75 Å². The fraction of sp³-hybridized carbons (Fsp3) is 0.348. The molecule has 2 aliphatic heterocycles. The van der Waals surface area contributed by atoms with Crippen LogP contribution in [0.2, 0.25) is 0 Å². The molecule has 0 bridgehead atoms. The molecular weight excluding hydrogens is 338 g/mol. The highest BCUT2D eigenvalue weighted by Gasteiger charge is 2.42. The fourth-order valence-electron chi connectivity index (χ4n) is 4.92. The zero-order valence-electron chi connectivity index (χ0n) is 15.9. The van der Waals surface area contributed by atoms with Crippen molar-refractivity contribution in [3.05, 3.63) is 52.6 Å². The summed E-state index contributed by atoms with van der Waals surface area (Å²) in [6.07, 6.45) is 0.340. The highest BCUT2D eigenvalue weighted by Crippen LogP contribution is 2.42. The highest BCUT2D eigenvalue weighted by molar-refractivity contribution is 6.12. The molecule has 0 aliphatic carbocycles. The molecule has 5 rings (SSSR count). The fourth-order valence-corrected chi connectivity index (χ4v) is 4.92. The molecule has 2 heterocycles. The van der Waals surface area contributed by atoms with Crippen LogP contribution in [-0.2, 0) is 17.8 Å². The van der Waals surface area contributed by atoms with Crippen molar-refractivity contribution in [2.24, 2.45) is 0 Å². The number of benzene rings is 3. The molecular formula is C23H23NO3. The van der Waals surface area contributed by atoms with E-state index < -0.39 is 6.10 Å². The van der Waals surface area contributed by atoms with Crippen LogP contribution >= 0.6 is 0 Å².